The molecule has 7 heteroatoms. The summed E-state index contributed by atoms with van der Waals surface area (Å²) in [7, 11) is -1.89. The Morgan fingerprint density at radius 1 is 1.38 bits per heavy atom. The standard InChI is InChI=1S/C14H23FN2O3S/c1-11(2)17(3)8-4-7-16-21(19,20)14-6-5-12(10-18)9-13(14)15/h5-6,9,11,16,18H,4,7-8,10H2,1-3H3. The van der Waals surface area contributed by atoms with Crippen LogP contribution in [0.15, 0.2) is 23.1 Å². The number of hydrogen-bond donors (Lipinski definition) is 2. The smallest absolute Gasteiger partial charge is 0.243 e. The number of sulfonamides is 1. The van der Waals surface area contributed by atoms with Crippen molar-refractivity contribution in [1.29, 1.82) is 0 Å². The highest BCUT2D eigenvalue weighted by Gasteiger charge is 2.18. The van der Waals surface area contributed by atoms with Gasteiger partial charge in [0, 0.05) is 12.6 Å². The Balaban J connectivity index is 2.62. The van der Waals surface area contributed by atoms with Crippen LogP contribution in [0.1, 0.15) is 25.8 Å². The Kier molecular flexibility index (Phi) is 6.73. The van der Waals surface area contributed by atoms with Crippen molar-refractivity contribution in [1.82, 2.24) is 9.62 Å². The first kappa shape index (κ1) is 18.0. The molecule has 0 heterocycles. The molecular weight excluding hydrogens is 295 g/mol. The number of nitrogens with one attached hydrogen (secondary N) is 1. The van der Waals surface area contributed by atoms with Crippen LogP contribution in [-0.2, 0) is 16.6 Å². The third kappa shape index (κ3) is 5.35. The number of aliphatic hydroxyl groups excluding tert-OH is 1. The van der Waals surface area contributed by atoms with Gasteiger partial charge in [0.2, 0.25) is 10.0 Å². The quantitative estimate of drug-likeness (QED) is 0.710. The van der Waals surface area contributed by atoms with Gasteiger partial charge in [-0.25, -0.2) is 17.5 Å². The molecular formula is C14H23FN2O3S. The van der Waals surface area contributed by atoms with E-state index in [0.29, 0.717) is 18.0 Å². The lowest BCUT2D eigenvalue weighted by Crippen LogP contribution is -2.31. The first-order valence-corrected chi connectivity index (χ1v) is 8.35. The van der Waals surface area contributed by atoms with E-state index >= 15 is 0 Å². The van der Waals surface area contributed by atoms with E-state index in [1.807, 2.05) is 7.05 Å². The van der Waals surface area contributed by atoms with Gasteiger partial charge in [0.1, 0.15) is 10.7 Å². The molecule has 0 aliphatic carbocycles. The van der Waals surface area contributed by atoms with Crippen LogP contribution in [0.4, 0.5) is 4.39 Å². The van der Waals surface area contributed by atoms with Gasteiger partial charge in [-0.2, -0.15) is 0 Å². The van der Waals surface area contributed by atoms with E-state index in [4.69, 9.17) is 5.11 Å². The molecule has 120 valence electrons. The van der Waals surface area contributed by atoms with Crippen LogP contribution in [0.25, 0.3) is 0 Å². The van der Waals surface area contributed by atoms with Crippen molar-refractivity contribution in [3.63, 3.8) is 0 Å². The molecule has 0 amide bonds. The van der Waals surface area contributed by atoms with Crippen LogP contribution in [-0.4, -0.2) is 44.6 Å². The largest absolute Gasteiger partial charge is 0.392 e. The maximum atomic E-state index is 13.7. The first-order chi connectivity index (χ1) is 9.77. The summed E-state index contributed by atoms with van der Waals surface area (Å²) in [6.07, 6.45) is 0.643. The van der Waals surface area contributed by atoms with Crippen molar-refractivity contribution < 1.29 is 17.9 Å². The molecule has 0 atom stereocenters. The second-order valence-corrected chi connectivity index (χ2v) is 6.98. The zero-order chi connectivity index (χ0) is 16.0. The topological polar surface area (TPSA) is 69.6 Å². The lowest BCUT2D eigenvalue weighted by molar-refractivity contribution is 0.271. The number of hydrogen-bond acceptors (Lipinski definition) is 4. The molecule has 1 aromatic rings. The normalized spacial score (nSPS) is 12.3. The van der Waals surface area contributed by atoms with Crippen LogP contribution in [0.3, 0.4) is 0 Å². The molecule has 0 unspecified atom stereocenters. The summed E-state index contributed by atoms with van der Waals surface area (Å²) < 4.78 is 40.1. The maximum absolute atomic E-state index is 13.7. The van der Waals surface area contributed by atoms with E-state index in [2.05, 4.69) is 23.5 Å². The molecule has 0 radical (unpaired) electrons. The molecule has 0 bridgehead atoms. The van der Waals surface area contributed by atoms with Gasteiger partial charge in [0.05, 0.1) is 6.61 Å². The summed E-state index contributed by atoms with van der Waals surface area (Å²) in [5, 5.41) is 8.89. The van der Waals surface area contributed by atoms with Crippen LogP contribution in [0.2, 0.25) is 0 Å². The third-order valence-electron chi connectivity index (χ3n) is 3.33. The van der Waals surface area contributed by atoms with Gasteiger partial charge in [-0.3, -0.25) is 0 Å². The molecule has 0 aliphatic heterocycles. The predicted octanol–water partition coefficient (Wildman–Crippen LogP) is 1.33. The minimum absolute atomic E-state index is 0.251. The summed E-state index contributed by atoms with van der Waals surface area (Å²) in [6.45, 7) is 4.80. The summed E-state index contributed by atoms with van der Waals surface area (Å²) in [5.41, 5.74) is 0.338. The highest BCUT2D eigenvalue weighted by Crippen LogP contribution is 2.16. The van der Waals surface area contributed by atoms with Crippen molar-refractivity contribution in [3.05, 3.63) is 29.6 Å². The van der Waals surface area contributed by atoms with E-state index in [-0.39, 0.29) is 13.2 Å². The van der Waals surface area contributed by atoms with Gasteiger partial charge in [0.15, 0.2) is 0 Å². The molecule has 0 spiro atoms. The van der Waals surface area contributed by atoms with Crippen LogP contribution >= 0.6 is 0 Å². The van der Waals surface area contributed by atoms with Crippen molar-refractivity contribution in [2.75, 3.05) is 20.1 Å². The molecule has 0 aromatic heterocycles. The number of benzene rings is 1. The van der Waals surface area contributed by atoms with E-state index in [1.165, 1.54) is 12.1 Å². The monoisotopic (exact) mass is 318 g/mol. The van der Waals surface area contributed by atoms with Crippen LogP contribution in [0.5, 0.6) is 0 Å². The molecule has 2 N–H and O–H groups in total. The molecule has 0 aliphatic rings. The highest BCUT2D eigenvalue weighted by molar-refractivity contribution is 7.89. The van der Waals surface area contributed by atoms with Crippen LogP contribution < -0.4 is 4.72 Å². The Hall–Kier alpha value is -1.02. The first-order valence-electron chi connectivity index (χ1n) is 6.87. The fraction of sp³-hybridized carbons (Fsp3) is 0.571. The van der Waals surface area contributed by atoms with E-state index in [1.54, 1.807) is 0 Å². The minimum Gasteiger partial charge on any atom is -0.392 e. The molecule has 0 saturated heterocycles. The zero-order valence-corrected chi connectivity index (χ0v) is 13.5. The number of rotatable bonds is 8. The Labute approximate surface area is 125 Å². The van der Waals surface area contributed by atoms with E-state index in [0.717, 1.165) is 12.6 Å². The fourth-order valence-corrected chi connectivity index (χ4v) is 2.86. The molecule has 5 nitrogen and oxygen atoms in total. The molecule has 21 heavy (non-hydrogen) atoms. The van der Waals surface area contributed by atoms with Crippen molar-refractivity contribution in [2.24, 2.45) is 0 Å². The fourth-order valence-electron chi connectivity index (χ4n) is 1.73. The number of nitrogens with zero attached hydrogens (tertiary/aromatic N) is 1. The van der Waals surface area contributed by atoms with Crippen LogP contribution in [0, 0.1) is 5.82 Å². The number of aliphatic hydroxyl groups is 1. The second kappa shape index (κ2) is 7.84. The third-order valence-corrected chi connectivity index (χ3v) is 4.82. The Morgan fingerprint density at radius 3 is 2.57 bits per heavy atom. The second-order valence-electron chi connectivity index (χ2n) is 5.25. The molecule has 1 rings (SSSR count). The summed E-state index contributed by atoms with van der Waals surface area (Å²) >= 11 is 0. The minimum atomic E-state index is -3.86. The average Bonchev–Trinajstić information content (AvgIpc) is 2.42. The lowest BCUT2D eigenvalue weighted by Gasteiger charge is -2.20. The van der Waals surface area contributed by atoms with E-state index < -0.39 is 20.7 Å². The van der Waals surface area contributed by atoms with Crippen molar-refractivity contribution in [3.8, 4) is 0 Å². The van der Waals surface area contributed by atoms with Gasteiger partial charge < -0.3 is 10.0 Å². The highest BCUT2D eigenvalue weighted by atomic mass is 32.2. The predicted molar refractivity (Wildman–Crippen MR) is 79.9 cm³/mol. The maximum Gasteiger partial charge on any atom is 0.243 e. The summed E-state index contributed by atoms with van der Waals surface area (Å²) in [5.74, 6) is -0.853. The lowest BCUT2D eigenvalue weighted by atomic mass is 10.2. The molecule has 0 saturated carbocycles. The van der Waals surface area contributed by atoms with Gasteiger partial charge in [-0.1, -0.05) is 6.07 Å². The van der Waals surface area contributed by atoms with Gasteiger partial charge in [-0.15, -0.1) is 0 Å². The Bertz CT molecular complexity index is 561. The van der Waals surface area contributed by atoms with Gasteiger partial charge in [0.25, 0.3) is 0 Å². The Morgan fingerprint density at radius 2 is 2.05 bits per heavy atom. The van der Waals surface area contributed by atoms with Gasteiger partial charge >= 0.3 is 0 Å². The summed E-state index contributed by atoms with van der Waals surface area (Å²) in [4.78, 5) is 1.71. The molecule has 0 fully saturated rings. The SMILES string of the molecule is CC(C)N(C)CCCNS(=O)(=O)c1ccc(CO)cc1F. The number of halogens is 1. The van der Waals surface area contributed by atoms with Gasteiger partial charge in [-0.05, 0) is 51.6 Å². The van der Waals surface area contributed by atoms with Crippen molar-refractivity contribution in [2.45, 2.75) is 37.8 Å². The van der Waals surface area contributed by atoms with Crippen molar-refractivity contribution >= 4 is 10.0 Å². The summed E-state index contributed by atoms with van der Waals surface area (Å²) in [6, 6.07) is 3.99. The average molecular weight is 318 g/mol. The van der Waals surface area contributed by atoms with E-state index in [9.17, 15) is 12.8 Å². The zero-order valence-electron chi connectivity index (χ0n) is 12.6. The molecule has 1 aromatic carbocycles.